The van der Waals surface area contributed by atoms with E-state index in [0.29, 0.717) is 12.1 Å². The van der Waals surface area contributed by atoms with Crippen molar-refractivity contribution >= 4 is 11.8 Å². The van der Waals surface area contributed by atoms with Crippen molar-refractivity contribution < 1.29 is 4.74 Å². The highest BCUT2D eigenvalue weighted by Crippen LogP contribution is 2.28. The van der Waals surface area contributed by atoms with Crippen LogP contribution in [0.1, 0.15) is 38.5 Å². The zero-order valence-corrected chi connectivity index (χ0v) is 10.3. The van der Waals surface area contributed by atoms with E-state index in [2.05, 4.69) is 0 Å². The summed E-state index contributed by atoms with van der Waals surface area (Å²) >= 11 is 2.00. The molecular weight excluding hydrogens is 206 g/mol. The fraction of sp³-hybridized carbons (Fsp3) is 1.00. The second-order valence-electron chi connectivity index (χ2n) is 4.88. The Morgan fingerprint density at radius 3 is 2.67 bits per heavy atom. The Morgan fingerprint density at radius 1 is 1.20 bits per heavy atom. The van der Waals surface area contributed by atoms with Gasteiger partial charge < -0.3 is 10.5 Å². The molecule has 2 N–H and O–H groups in total. The van der Waals surface area contributed by atoms with Crippen LogP contribution in [0.25, 0.3) is 0 Å². The number of rotatable bonds is 5. The Morgan fingerprint density at radius 2 is 2.00 bits per heavy atom. The number of thioether (sulfide) groups is 1. The summed E-state index contributed by atoms with van der Waals surface area (Å²) < 4.78 is 5.60. The highest BCUT2D eigenvalue weighted by Gasteiger charge is 2.22. The van der Waals surface area contributed by atoms with Gasteiger partial charge in [-0.1, -0.05) is 12.8 Å². The number of hydrogen-bond donors (Lipinski definition) is 1. The Hall–Kier alpha value is 0.270. The van der Waals surface area contributed by atoms with Gasteiger partial charge in [0.05, 0.1) is 6.10 Å². The summed E-state index contributed by atoms with van der Waals surface area (Å²) in [6.07, 6.45) is 8.55. The molecule has 2 unspecified atom stereocenters. The predicted molar refractivity (Wildman–Crippen MR) is 66.2 cm³/mol. The predicted octanol–water partition coefficient (Wildman–Crippen LogP) is 2.42. The monoisotopic (exact) mass is 229 g/mol. The average Bonchev–Trinajstić information content (AvgIpc) is 2.90. The highest BCUT2D eigenvalue weighted by molar-refractivity contribution is 7.99. The van der Waals surface area contributed by atoms with E-state index < -0.39 is 0 Å². The van der Waals surface area contributed by atoms with E-state index in [1.54, 1.807) is 0 Å². The minimum atomic E-state index is 0.430. The molecule has 0 aromatic rings. The number of ether oxygens (including phenoxy) is 1. The molecule has 2 atom stereocenters. The summed E-state index contributed by atoms with van der Waals surface area (Å²) in [7, 11) is 0. The molecule has 1 aliphatic heterocycles. The summed E-state index contributed by atoms with van der Waals surface area (Å²) in [4.78, 5) is 0. The third-order valence-electron chi connectivity index (χ3n) is 3.64. The van der Waals surface area contributed by atoms with Crippen molar-refractivity contribution in [2.45, 2.75) is 50.7 Å². The lowest BCUT2D eigenvalue weighted by atomic mass is 10.0. The lowest BCUT2D eigenvalue weighted by Crippen LogP contribution is -2.31. The molecule has 1 saturated heterocycles. The highest BCUT2D eigenvalue weighted by atomic mass is 32.2. The second-order valence-corrected chi connectivity index (χ2v) is 5.96. The average molecular weight is 229 g/mol. The number of hydrogen-bond acceptors (Lipinski definition) is 3. The molecule has 0 aromatic carbocycles. The number of nitrogens with two attached hydrogens (primary N) is 1. The van der Waals surface area contributed by atoms with Gasteiger partial charge in [-0.2, -0.15) is 11.8 Å². The van der Waals surface area contributed by atoms with Gasteiger partial charge in [0.1, 0.15) is 0 Å². The first-order chi connectivity index (χ1) is 7.36. The van der Waals surface area contributed by atoms with Gasteiger partial charge in [-0.05, 0) is 31.6 Å². The van der Waals surface area contributed by atoms with Crippen LogP contribution >= 0.6 is 11.8 Å². The van der Waals surface area contributed by atoms with Crippen LogP contribution in [0.3, 0.4) is 0 Å². The van der Waals surface area contributed by atoms with Crippen molar-refractivity contribution in [3.05, 3.63) is 0 Å². The summed E-state index contributed by atoms with van der Waals surface area (Å²) in [5, 5.41) is 0. The van der Waals surface area contributed by atoms with Crippen molar-refractivity contribution in [2.75, 3.05) is 18.1 Å². The molecule has 0 radical (unpaired) electrons. The smallest absolute Gasteiger partial charge is 0.0666 e. The summed E-state index contributed by atoms with van der Waals surface area (Å²) in [5.41, 5.74) is 6.20. The Balaban J connectivity index is 1.56. The molecule has 0 aromatic heterocycles. The SMILES string of the molecule is NC(CSCC1CCCO1)C1CCCC1. The summed E-state index contributed by atoms with van der Waals surface area (Å²) in [5.74, 6) is 3.09. The zero-order valence-electron chi connectivity index (χ0n) is 9.49. The quantitative estimate of drug-likeness (QED) is 0.786. The minimum absolute atomic E-state index is 0.430. The maximum Gasteiger partial charge on any atom is 0.0666 e. The summed E-state index contributed by atoms with van der Waals surface area (Å²) in [6, 6.07) is 0.430. The van der Waals surface area contributed by atoms with E-state index in [-0.39, 0.29) is 0 Å². The maximum atomic E-state index is 6.20. The molecule has 1 heterocycles. The van der Waals surface area contributed by atoms with Crippen LogP contribution in [0.15, 0.2) is 0 Å². The van der Waals surface area contributed by atoms with Crippen molar-refractivity contribution in [1.29, 1.82) is 0 Å². The van der Waals surface area contributed by atoms with E-state index in [0.717, 1.165) is 24.0 Å². The van der Waals surface area contributed by atoms with Crippen LogP contribution in [0.2, 0.25) is 0 Å². The van der Waals surface area contributed by atoms with E-state index in [1.165, 1.54) is 38.5 Å². The maximum absolute atomic E-state index is 6.20. The molecule has 2 fully saturated rings. The van der Waals surface area contributed by atoms with Crippen LogP contribution in [-0.4, -0.2) is 30.3 Å². The van der Waals surface area contributed by atoms with Gasteiger partial charge in [-0.25, -0.2) is 0 Å². The van der Waals surface area contributed by atoms with Crippen LogP contribution in [-0.2, 0) is 4.74 Å². The largest absolute Gasteiger partial charge is 0.377 e. The van der Waals surface area contributed by atoms with Gasteiger partial charge in [0.15, 0.2) is 0 Å². The van der Waals surface area contributed by atoms with E-state index >= 15 is 0 Å². The first kappa shape index (κ1) is 11.7. The molecule has 88 valence electrons. The minimum Gasteiger partial charge on any atom is -0.377 e. The standard InChI is InChI=1S/C12H23NOS/c13-12(10-4-1-2-5-10)9-15-8-11-6-3-7-14-11/h10-12H,1-9,13H2. The third kappa shape index (κ3) is 3.65. The van der Waals surface area contributed by atoms with Crippen molar-refractivity contribution in [3.63, 3.8) is 0 Å². The topological polar surface area (TPSA) is 35.2 Å². The molecule has 1 saturated carbocycles. The molecule has 15 heavy (non-hydrogen) atoms. The van der Waals surface area contributed by atoms with Crippen LogP contribution in [0.4, 0.5) is 0 Å². The molecule has 1 aliphatic carbocycles. The van der Waals surface area contributed by atoms with E-state index in [1.807, 2.05) is 11.8 Å². The molecule has 0 amide bonds. The molecule has 0 bridgehead atoms. The lowest BCUT2D eigenvalue weighted by molar-refractivity contribution is 0.129. The van der Waals surface area contributed by atoms with E-state index in [9.17, 15) is 0 Å². The fourth-order valence-electron chi connectivity index (χ4n) is 2.63. The van der Waals surface area contributed by atoms with Crippen LogP contribution in [0.5, 0.6) is 0 Å². The van der Waals surface area contributed by atoms with Gasteiger partial charge in [-0.15, -0.1) is 0 Å². The lowest BCUT2D eigenvalue weighted by Gasteiger charge is -2.19. The Labute approximate surface area is 97.3 Å². The normalized spacial score (nSPS) is 29.8. The molecule has 2 rings (SSSR count). The first-order valence-electron chi connectivity index (χ1n) is 6.31. The van der Waals surface area contributed by atoms with Gasteiger partial charge in [0.25, 0.3) is 0 Å². The molecule has 2 nitrogen and oxygen atoms in total. The molecule has 3 heteroatoms. The van der Waals surface area contributed by atoms with Crippen molar-refractivity contribution in [2.24, 2.45) is 11.7 Å². The molecule has 0 spiro atoms. The van der Waals surface area contributed by atoms with Gasteiger partial charge >= 0.3 is 0 Å². The van der Waals surface area contributed by atoms with Crippen molar-refractivity contribution in [1.82, 2.24) is 0 Å². The van der Waals surface area contributed by atoms with Crippen LogP contribution in [0, 0.1) is 5.92 Å². The fourth-order valence-corrected chi connectivity index (χ4v) is 3.84. The van der Waals surface area contributed by atoms with Gasteiger partial charge in [0.2, 0.25) is 0 Å². The summed E-state index contributed by atoms with van der Waals surface area (Å²) in [6.45, 7) is 0.972. The zero-order chi connectivity index (χ0) is 10.5. The second kappa shape index (κ2) is 6.12. The van der Waals surface area contributed by atoms with E-state index in [4.69, 9.17) is 10.5 Å². The Kier molecular flexibility index (Phi) is 4.79. The van der Waals surface area contributed by atoms with Crippen LogP contribution < -0.4 is 5.73 Å². The van der Waals surface area contributed by atoms with Gasteiger partial charge in [0, 0.05) is 24.2 Å². The molecule has 2 aliphatic rings. The third-order valence-corrected chi connectivity index (χ3v) is 4.87. The van der Waals surface area contributed by atoms with Gasteiger partial charge in [-0.3, -0.25) is 0 Å². The Bertz CT molecular complexity index is 176. The first-order valence-corrected chi connectivity index (χ1v) is 7.46. The van der Waals surface area contributed by atoms with Crippen molar-refractivity contribution in [3.8, 4) is 0 Å². The molecular formula is C12H23NOS.